The van der Waals surface area contributed by atoms with Crippen LogP contribution in [-0.2, 0) is 9.47 Å². The molecule has 0 spiro atoms. The quantitative estimate of drug-likeness (QED) is 0.603. The van der Waals surface area contributed by atoms with Crippen molar-refractivity contribution in [2.75, 3.05) is 38.8 Å². The third kappa shape index (κ3) is 5.95. The Hall–Kier alpha value is -1.18. The smallest absolute Gasteiger partial charge is 0.315 e. The van der Waals surface area contributed by atoms with E-state index in [-0.39, 0.29) is 6.04 Å². The molecule has 0 fully saturated rings. The van der Waals surface area contributed by atoms with Crippen molar-refractivity contribution >= 4 is 6.01 Å². The van der Waals surface area contributed by atoms with Crippen LogP contribution < -0.4 is 11.1 Å². The fourth-order valence-corrected chi connectivity index (χ4v) is 1.26. The molecular weight excluding hydrogens is 236 g/mol. The second-order valence-corrected chi connectivity index (χ2v) is 3.97. The van der Waals surface area contributed by atoms with Crippen molar-refractivity contribution in [2.45, 2.75) is 25.8 Å². The van der Waals surface area contributed by atoms with E-state index in [1.807, 2.05) is 0 Å². The van der Waals surface area contributed by atoms with Gasteiger partial charge in [-0.1, -0.05) is 5.10 Å². The maximum absolute atomic E-state index is 5.61. The number of hydrogen-bond acceptors (Lipinski definition) is 7. The normalized spacial score (nSPS) is 12.6. The molecule has 0 aliphatic rings. The first-order chi connectivity index (χ1) is 8.74. The standard InChI is InChI=1S/C11H22N4O3/c1-9(12)10-14-15-11(18-10)13-5-3-4-6-17-8-7-16-2/h9H,3-8,12H2,1-2H3,(H,13,15). The van der Waals surface area contributed by atoms with Crippen LogP contribution in [-0.4, -0.2) is 43.7 Å². The zero-order chi connectivity index (χ0) is 13.2. The molecule has 0 aromatic carbocycles. The highest BCUT2D eigenvalue weighted by atomic mass is 16.5. The Balaban J connectivity index is 2.00. The maximum atomic E-state index is 5.61. The van der Waals surface area contributed by atoms with Crippen molar-refractivity contribution in [1.29, 1.82) is 0 Å². The zero-order valence-corrected chi connectivity index (χ0v) is 11.0. The van der Waals surface area contributed by atoms with Gasteiger partial charge >= 0.3 is 6.01 Å². The fourth-order valence-electron chi connectivity index (χ4n) is 1.26. The molecule has 0 amide bonds. The number of nitrogens with two attached hydrogens (primary N) is 1. The van der Waals surface area contributed by atoms with Crippen LogP contribution in [0, 0.1) is 0 Å². The minimum absolute atomic E-state index is 0.234. The van der Waals surface area contributed by atoms with E-state index in [0.29, 0.717) is 25.1 Å². The average molecular weight is 258 g/mol. The molecule has 1 aromatic rings. The van der Waals surface area contributed by atoms with Crippen molar-refractivity contribution in [2.24, 2.45) is 5.73 Å². The summed E-state index contributed by atoms with van der Waals surface area (Å²) in [4.78, 5) is 0. The van der Waals surface area contributed by atoms with Crippen LogP contribution in [0.2, 0.25) is 0 Å². The summed E-state index contributed by atoms with van der Waals surface area (Å²) in [7, 11) is 1.66. The molecule has 0 radical (unpaired) electrons. The molecule has 104 valence electrons. The Morgan fingerprint density at radius 1 is 1.28 bits per heavy atom. The summed E-state index contributed by atoms with van der Waals surface area (Å²) in [6.45, 7) is 4.59. The molecule has 3 N–H and O–H groups in total. The molecule has 0 aliphatic carbocycles. The lowest BCUT2D eigenvalue weighted by Gasteiger charge is -2.03. The Labute approximate surface area is 107 Å². The molecule has 0 aliphatic heterocycles. The Morgan fingerprint density at radius 2 is 2.11 bits per heavy atom. The predicted octanol–water partition coefficient (Wildman–Crippen LogP) is 0.944. The lowest BCUT2D eigenvalue weighted by molar-refractivity contribution is 0.0691. The van der Waals surface area contributed by atoms with Crippen molar-refractivity contribution in [3.8, 4) is 0 Å². The van der Waals surface area contributed by atoms with Gasteiger partial charge in [0, 0.05) is 20.3 Å². The predicted molar refractivity (Wildman–Crippen MR) is 67.3 cm³/mol. The molecule has 18 heavy (non-hydrogen) atoms. The van der Waals surface area contributed by atoms with Gasteiger partial charge in [0.05, 0.1) is 19.3 Å². The lowest BCUT2D eigenvalue weighted by Crippen LogP contribution is -2.06. The fraction of sp³-hybridized carbons (Fsp3) is 0.818. The summed E-state index contributed by atoms with van der Waals surface area (Å²) in [5.41, 5.74) is 5.61. The molecular formula is C11H22N4O3. The van der Waals surface area contributed by atoms with Gasteiger partial charge in [0.25, 0.3) is 0 Å². The van der Waals surface area contributed by atoms with E-state index in [1.54, 1.807) is 14.0 Å². The largest absolute Gasteiger partial charge is 0.406 e. The van der Waals surface area contributed by atoms with Crippen LogP contribution >= 0.6 is 0 Å². The van der Waals surface area contributed by atoms with Crippen LogP contribution in [0.5, 0.6) is 0 Å². The first-order valence-corrected chi connectivity index (χ1v) is 6.13. The minimum atomic E-state index is -0.234. The van der Waals surface area contributed by atoms with Crippen LogP contribution in [0.4, 0.5) is 6.01 Å². The van der Waals surface area contributed by atoms with E-state index >= 15 is 0 Å². The van der Waals surface area contributed by atoms with E-state index in [9.17, 15) is 0 Å². The first kappa shape index (κ1) is 14.9. The van der Waals surface area contributed by atoms with Gasteiger partial charge in [-0.05, 0) is 19.8 Å². The van der Waals surface area contributed by atoms with E-state index in [0.717, 1.165) is 26.0 Å². The number of nitrogens with one attached hydrogen (secondary N) is 1. The van der Waals surface area contributed by atoms with Crippen molar-refractivity contribution in [3.05, 3.63) is 5.89 Å². The van der Waals surface area contributed by atoms with Gasteiger partial charge in [-0.25, -0.2) is 0 Å². The minimum Gasteiger partial charge on any atom is -0.406 e. The summed E-state index contributed by atoms with van der Waals surface area (Å²) in [5, 5.41) is 10.7. The molecule has 1 unspecified atom stereocenters. The number of rotatable bonds is 10. The number of unbranched alkanes of at least 4 members (excludes halogenated alkanes) is 1. The molecule has 1 rings (SSSR count). The molecule has 7 nitrogen and oxygen atoms in total. The monoisotopic (exact) mass is 258 g/mol. The summed E-state index contributed by atoms with van der Waals surface area (Å²) < 4.78 is 15.5. The average Bonchev–Trinajstić information content (AvgIpc) is 2.81. The highest BCUT2D eigenvalue weighted by Gasteiger charge is 2.08. The van der Waals surface area contributed by atoms with E-state index in [4.69, 9.17) is 19.6 Å². The van der Waals surface area contributed by atoms with E-state index < -0.39 is 0 Å². The van der Waals surface area contributed by atoms with Gasteiger partial charge in [0.1, 0.15) is 0 Å². The molecule has 7 heteroatoms. The van der Waals surface area contributed by atoms with E-state index in [1.165, 1.54) is 0 Å². The summed E-state index contributed by atoms with van der Waals surface area (Å²) in [6.07, 6.45) is 1.95. The SMILES string of the molecule is COCCOCCCCNc1nnc(C(C)N)o1. The third-order valence-electron chi connectivity index (χ3n) is 2.25. The summed E-state index contributed by atoms with van der Waals surface area (Å²) >= 11 is 0. The Kier molecular flexibility index (Phi) is 7.31. The number of methoxy groups -OCH3 is 1. The van der Waals surface area contributed by atoms with Crippen molar-refractivity contribution in [3.63, 3.8) is 0 Å². The summed E-state index contributed by atoms with van der Waals surface area (Å²) in [5.74, 6) is 0.445. The lowest BCUT2D eigenvalue weighted by atomic mass is 10.3. The molecule has 0 saturated heterocycles. The molecule has 1 aromatic heterocycles. The van der Waals surface area contributed by atoms with Crippen molar-refractivity contribution in [1.82, 2.24) is 10.2 Å². The third-order valence-corrected chi connectivity index (χ3v) is 2.25. The van der Waals surface area contributed by atoms with Gasteiger partial charge < -0.3 is 24.9 Å². The first-order valence-electron chi connectivity index (χ1n) is 6.13. The Morgan fingerprint density at radius 3 is 2.78 bits per heavy atom. The number of nitrogens with zero attached hydrogens (tertiary/aromatic N) is 2. The second kappa shape index (κ2) is 8.84. The Bertz CT molecular complexity index is 317. The van der Waals surface area contributed by atoms with Crippen LogP contribution in [0.15, 0.2) is 4.42 Å². The van der Waals surface area contributed by atoms with Crippen LogP contribution in [0.3, 0.4) is 0 Å². The summed E-state index contributed by atoms with van der Waals surface area (Å²) in [6, 6.07) is 0.185. The highest BCUT2D eigenvalue weighted by Crippen LogP contribution is 2.10. The topological polar surface area (TPSA) is 95.4 Å². The second-order valence-electron chi connectivity index (χ2n) is 3.97. The molecule has 0 bridgehead atoms. The maximum Gasteiger partial charge on any atom is 0.315 e. The van der Waals surface area contributed by atoms with Crippen LogP contribution in [0.1, 0.15) is 31.7 Å². The van der Waals surface area contributed by atoms with Crippen molar-refractivity contribution < 1.29 is 13.9 Å². The number of anilines is 1. The van der Waals surface area contributed by atoms with E-state index in [2.05, 4.69) is 15.5 Å². The molecule has 0 saturated carbocycles. The van der Waals surface area contributed by atoms with Gasteiger partial charge in [-0.2, -0.15) is 0 Å². The van der Waals surface area contributed by atoms with Crippen LogP contribution in [0.25, 0.3) is 0 Å². The molecule has 1 atom stereocenters. The highest BCUT2D eigenvalue weighted by molar-refractivity contribution is 5.16. The zero-order valence-electron chi connectivity index (χ0n) is 11.0. The van der Waals surface area contributed by atoms with Gasteiger partial charge in [-0.15, -0.1) is 5.10 Å². The van der Waals surface area contributed by atoms with Gasteiger partial charge in [0.2, 0.25) is 5.89 Å². The number of ether oxygens (including phenoxy) is 2. The number of hydrogen-bond donors (Lipinski definition) is 2. The number of aromatic nitrogens is 2. The van der Waals surface area contributed by atoms with Gasteiger partial charge in [-0.3, -0.25) is 0 Å². The molecule has 1 heterocycles. The van der Waals surface area contributed by atoms with Gasteiger partial charge in [0.15, 0.2) is 0 Å².